The van der Waals surface area contributed by atoms with E-state index in [0.717, 1.165) is 43.2 Å². The van der Waals surface area contributed by atoms with Crippen LogP contribution >= 0.6 is 0 Å². The van der Waals surface area contributed by atoms with Crippen molar-refractivity contribution in [3.63, 3.8) is 0 Å². The highest BCUT2D eigenvalue weighted by atomic mass is 16.5. The number of ether oxygens (including phenoxy) is 1. The van der Waals surface area contributed by atoms with Gasteiger partial charge in [-0.2, -0.15) is 0 Å². The van der Waals surface area contributed by atoms with Crippen LogP contribution in [0.25, 0.3) is 0 Å². The molecule has 1 saturated heterocycles. The molecule has 1 aromatic heterocycles. The fourth-order valence-electron chi connectivity index (χ4n) is 3.14. The third-order valence-electron chi connectivity index (χ3n) is 4.64. The van der Waals surface area contributed by atoms with Gasteiger partial charge < -0.3 is 10.5 Å². The fourth-order valence-corrected chi connectivity index (χ4v) is 3.14. The van der Waals surface area contributed by atoms with E-state index in [2.05, 4.69) is 41.9 Å². The highest BCUT2D eigenvalue weighted by Gasteiger charge is 2.32. The molecule has 1 fully saturated rings. The molecular formula is C19H25N3O. The second-order valence-electron chi connectivity index (χ2n) is 6.87. The van der Waals surface area contributed by atoms with Gasteiger partial charge >= 0.3 is 0 Å². The Balaban J connectivity index is 1.66. The van der Waals surface area contributed by atoms with Crippen LogP contribution in [0.5, 0.6) is 11.5 Å². The molecule has 0 spiro atoms. The van der Waals surface area contributed by atoms with Gasteiger partial charge in [-0.1, -0.05) is 19.1 Å². The molecule has 0 radical (unpaired) electrons. The molecule has 1 unspecified atom stereocenters. The molecule has 2 N–H and O–H groups in total. The minimum Gasteiger partial charge on any atom is -0.455 e. The Bertz CT molecular complexity index is 659. The number of aryl methyl sites for hydroxylation is 1. The normalized spacial score (nSPS) is 21.5. The maximum absolute atomic E-state index is 5.89. The topological polar surface area (TPSA) is 51.4 Å². The summed E-state index contributed by atoms with van der Waals surface area (Å²) in [5, 5.41) is 0. The van der Waals surface area contributed by atoms with E-state index in [1.54, 1.807) is 12.4 Å². The number of nitrogens with two attached hydrogens (primary N) is 1. The Kier molecular flexibility index (Phi) is 4.64. The first-order chi connectivity index (χ1) is 11.1. The molecule has 0 amide bonds. The van der Waals surface area contributed by atoms with Crippen LogP contribution in [0.1, 0.15) is 24.5 Å². The summed E-state index contributed by atoms with van der Waals surface area (Å²) >= 11 is 0. The van der Waals surface area contributed by atoms with E-state index in [4.69, 9.17) is 10.5 Å². The lowest BCUT2D eigenvalue weighted by molar-refractivity contribution is 0.274. The first kappa shape index (κ1) is 16.0. The number of hydrogen-bond donors (Lipinski definition) is 1. The number of likely N-dealkylation sites (tertiary alicyclic amines) is 1. The Labute approximate surface area is 138 Å². The molecule has 1 aliphatic rings. The van der Waals surface area contributed by atoms with Gasteiger partial charge in [-0.25, -0.2) is 0 Å². The summed E-state index contributed by atoms with van der Waals surface area (Å²) in [5.41, 5.74) is 8.64. The smallest absolute Gasteiger partial charge is 0.145 e. The Hall–Kier alpha value is -1.91. The summed E-state index contributed by atoms with van der Waals surface area (Å²) < 4.78 is 5.89. The lowest BCUT2D eigenvalue weighted by Gasteiger charge is -2.22. The van der Waals surface area contributed by atoms with Crippen molar-refractivity contribution in [2.45, 2.75) is 26.8 Å². The summed E-state index contributed by atoms with van der Waals surface area (Å²) in [6.45, 7) is 8.31. The standard InChI is InChI=1S/C19H25N3O/c1-15-10-16(12-22-9-7-19(2,13-20)14-22)5-6-18(15)23-17-4-3-8-21-11-17/h3-6,8,10-11H,7,9,12-14,20H2,1-2H3. The quantitative estimate of drug-likeness (QED) is 0.920. The van der Waals surface area contributed by atoms with Gasteiger partial charge in [-0.05, 0) is 61.2 Å². The Morgan fingerprint density at radius 2 is 2.22 bits per heavy atom. The molecule has 0 saturated carbocycles. The molecule has 0 aliphatic carbocycles. The van der Waals surface area contributed by atoms with Crippen LogP contribution in [0.2, 0.25) is 0 Å². The maximum atomic E-state index is 5.89. The first-order valence-corrected chi connectivity index (χ1v) is 8.18. The second-order valence-corrected chi connectivity index (χ2v) is 6.87. The number of hydrogen-bond acceptors (Lipinski definition) is 4. The van der Waals surface area contributed by atoms with E-state index in [1.165, 1.54) is 12.0 Å². The van der Waals surface area contributed by atoms with Gasteiger partial charge in [0.2, 0.25) is 0 Å². The summed E-state index contributed by atoms with van der Waals surface area (Å²) in [7, 11) is 0. The van der Waals surface area contributed by atoms with Crippen molar-refractivity contribution >= 4 is 0 Å². The van der Waals surface area contributed by atoms with Crippen molar-refractivity contribution in [1.29, 1.82) is 0 Å². The van der Waals surface area contributed by atoms with E-state index < -0.39 is 0 Å². The van der Waals surface area contributed by atoms with E-state index in [1.807, 2.05) is 12.1 Å². The zero-order valence-corrected chi connectivity index (χ0v) is 14.0. The SMILES string of the molecule is Cc1cc(CN2CCC(C)(CN)C2)ccc1Oc1cccnc1. The molecule has 23 heavy (non-hydrogen) atoms. The van der Waals surface area contributed by atoms with Gasteiger partial charge in [0.15, 0.2) is 0 Å². The van der Waals surface area contributed by atoms with Gasteiger partial charge in [0.05, 0.1) is 6.20 Å². The third kappa shape index (κ3) is 3.89. The average Bonchev–Trinajstić information content (AvgIpc) is 2.93. The predicted molar refractivity (Wildman–Crippen MR) is 92.5 cm³/mol. The van der Waals surface area contributed by atoms with E-state index in [-0.39, 0.29) is 5.41 Å². The lowest BCUT2D eigenvalue weighted by atomic mass is 9.90. The molecule has 0 bridgehead atoms. The van der Waals surface area contributed by atoms with Gasteiger partial charge in [-0.3, -0.25) is 9.88 Å². The minimum atomic E-state index is 0.276. The molecule has 4 heteroatoms. The molecule has 3 rings (SSSR count). The fraction of sp³-hybridized carbons (Fsp3) is 0.421. The zero-order valence-electron chi connectivity index (χ0n) is 14.0. The highest BCUT2D eigenvalue weighted by molar-refractivity contribution is 5.39. The summed E-state index contributed by atoms with van der Waals surface area (Å²) in [6.07, 6.45) is 4.66. The molecule has 2 heterocycles. The molecule has 4 nitrogen and oxygen atoms in total. The number of nitrogens with zero attached hydrogens (tertiary/aromatic N) is 2. The lowest BCUT2D eigenvalue weighted by Crippen LogP contribution is -2.31. The van der Waals surface area contributed by atoms with Crippen molar-refractivity contribution in [3.8, 4) is 11.5 Å². The van der Waals surface area contributed by atoms with Crippen LogP contribution in [0.3, 0.4) is 0 Å². The van der Waals surface area contributed by atoms with Crippen LogP contribution in [-0.4, -0.2) is 29.5 Å². The molecule has 1 aromatic carbocycles. The third-order valence-corrected chi connectivity index (χ3v) is 4.64. The van der Waals surface area contributed by atoms with Crippen molar-refractivity contribution in [3.05, 3.63) is 53.9 Å². The summed E-state index contributed by atoms with van der Waals surface area (Å²) in [5.74, 6) is 1.65. The monoisotopic (exact) mass is 311 g/mol. The largest absolute Gasteiger partial charge is 0.455 e. The molecular weight excluding hydrogens is 286 g/mol. The molecule has 122 valence electrons. The maximum Gasteiger partial charge on any atom is 0.145 e. The van der Waals surface area contributed by atoms with Crippen molar-refractivity contribution in [2.75, 3.05) is 19.6 Å². The first-order valence-electron chi connectivity index (χ1n) is 8.18. The highest BCUT2D eigenvalue weighted by Crippen LogP contribution is 2.30. The number of pyridine rings is 1. The van der Waals surface area contributed by atoms with E-state index in [0.29, 0.717) is 0 Å². The van der Waals surface area contributed by atoms with Crippen LogP contribution < -0.4 is 10.5 Å². The van der Waals surface area contributed by atoms with Gasteiger partial charge in [0.25, 0.3) is 0 Å². The average molecular weight is 311 g/mol. The number of rotatable bonds is 5. The van der Waals surface area contributed by atoms with Crippen LogP contribution in [0.4, 0.5) is 0 Å². The van der Waals surface area contributed by atoms with Crippen molar-refractivity contribution in [1.82, 2.24) is 9.88 Å². The second kappa shape index (κ2) is 6.69. The predicted octanol–water partition coefficient (Wildman–Crippen LogP) is 3.35. The molecule has 1 aliphatic heterocycles. The minimum absolute atomic E-state index is 0.276. The van der Waals surface area contributed by atoms with E-state index >= 15 is 0 Å². The number of aromatic nitrogens is 1. The van der Waals surface area contributed by atoms with Gasteiger partial charge in [-0.15, -0.1) is 0 Å². The van der Waals surface area contributed by atoms with Crippen LogP contribution in [-0.2, 0) is 6.54 Å². The van der Waals surface area contributed by atoms with Crippen LogP contribution in [0.15, 0.2) is 42.7 Å². The Morgan fingerprint density at radius 3 is 2.87 bits per heavy atom. The zero-order chi connectivity index (χ0) is 16.3. The molecule has 2 aromatic rings. The summed E-state index contributed by atoms with van der Waals surface area (Å²) in [6, 6.07) is 10.2. The van der Waals surface area contributed by atoms with Crippen molar-refractivity contribution < 1.29 is 4.74 Å². The molecule has 1 atom stereocenters. The van der Waals surface area contributed by atoms with Crippen LogP contribution in [0, 0.1) is 12.3 Å². The van der Waals surface area contributed by atoms with E-state index in [9.17, 15) is 0 Å². The summed E-state index contributed by atoms with van der Waals surface area (Å²) in [4.78, 5) is 6.57. The number of benzene rings is 1. The van der Waals surface area contributed by atoms with Gasteiger partial charge in [0.1, 0.15) is 11.5 Å². The van der Waals surface area contributed by atoms with Gasteiger partial charge in [0, 0.05) is 19.3 Å². The van der Waals surface area contributed by atoms with Crippen molar-refractivity contribution in [2.24, 2.45) is 11.1 Å². The Morgan fingerprint density at radius 1 is 1.35 bits per heavy atom.